The van der Waals surface area contributed by atoms with E-state index in [0.29, 0.717) is 11.5 Å². The molecule has 1 aromatic heterocycles. The van der Waals surface area contributed by atoms with Crippen LogP contribution in [0.1, 0.15) is 20.8 Å². The predicted octanol–water partition coefficient (Wildman–Crippen LogP) is 2.32. The van der Waals surface area contributed by atoms with Crippen LogP contribution < -0.4 is 5.32 Å². The zero-order chi connectivity index (χ0) is 15.9. The molecule has 0 saturated heterocycles. The van der Waals surface area contributed by atoms with Gasteiger partial charge in [0, 0.05) is 19.1 Å². The predicted molar refractivity (Wildman–Crippen MR) is 84.1 cm³/mol. The lowest BCUT2D eigenvalue weighted by molar-refractivity contribution is -0.139. The third-order valence-corrected chi connectivity index (χ3v) is 4.09. The first kappa shape index (κ1) is 16.2. The fourth-order valence-electron chi connectivity index (χ4n) is 2.08. The number of rotatable bonds is 7. The number of aliphatic carboxylic acids is 1. The summed E-state index contributed by atoms with van der Waals surface area (Å²) in [6.45, 7) is 0.322. The maximum Gasteiger partial charge on any atom is 0.326 e. The Hall–Kier alpha value is -2.18. The smallest absolute Gasteiger partial charge is 0.326 e. The molecule has 0 bridgehead atoms. The molecule has 2 N–H and O–H groups in total. The SMILES string of the molecule is COCc1ccsc1C(=O)N[C@@H](Cc1ccccc1)C(=O)O. The third-order valence-electron chi connectivity index (χ3n) is 3.14. The van der Waals surface area contributed by atoms with E-state index in [9.17, 15) is 14.7 Å². The number of carboxylic acids is 1. The largest absolute Gasteiger partial charge is 0.480 e. The highest BCUT2D eigenvalue weighted by Crippen LogP contribution is 2.18. The number of methoxy groups -OCH3 is 1. The average molecular weight is 319 g/mol. The monoisotopic (exact) mass is 319 g/mol. The van der Waals surface area contributed by atoms with E-state index < -0.39 is 12.0 Å². The number of hydrogen-bond acceptors (Lipinski definition) is 4. The Morgan fingerprint density at radius 1 is 1.27 bits per heavy atom. The molecule has 2 rings (SSSR count). The van der Waals surface area contributed by atoms with Gasteiger partial charge < -0.3 is 15.2 Å². The molecule has 1 aromatic carbocycles. The first-order valence-electron chi connectivity index (χ1n) is 6.74. The molecular weight excluding hydrogens is 302 g/mol. The minimum absolute atomic E-state index is 0.243. The van der Waals surface area contributed by atoms with Crippen molar-refractivity contribution in [2.75, 3.05) is 7.11 Å². The van der Waals surface area contributed by atoms with Crippen LogP contribution in [0, 0.1) is 0 Å². The molecule has 116 valence electrons. The second-order valence-electron chi connectivity index (χ2n) is 4.76. The van der Waals surface area contributed by atoms with Crippen LogP contribution in [0.25, 0.3) is 0 Å². The van der Waals surface area contributed by atoms with Crippen LogP contribution in [0.15, 0.2) is 41.8 Å². The van der Waals surface area contributed by atoms with E-state index >= 15 is 0 Å². The summed E-state index contributed by atoms with van der Waals surface area (Å²) in [4.78, 5) is 24.2. The van der Waals surface area contributed by atoms with Gasteiger partial charge in [0.05, 0.1) is 11.5 Å². The second-order valence-corrected chi connectivity index (χ2v) is 5.68. The quantitative estimate of drug-likeness (QED) is 0.821. The van der Waals surface area contributed by atoms with Gasteiger partial charge in [-0.3, -0.25) is 4.79 Å². The molecule has 2 aromatic rings. The van der Waals surface area contributed by atoms with Crippen LogP contribution in [-0.4, -0.2) is 30.1 Å². The minimum Gasteiger partial charge on any atom is -0.480 e. The number of hydrogen-bond donors (Lipinski definition) is 2. The van der Waals surface area contributed by atoms with Crippen molar-refractivity contribution < 1.29 is 19.4 Å². The van der Waals surface area contributed by atoms with Gasteiger partial charge in [0.15, 0.2) is 0 Å². The number of carbonyl (C=O) groups excluding carboxylic acids is 1. The molecule has 0 saturated carbocycles. The number of ether oxygens (including phenoxy) is 1. The summed E-state index contributed by atoms with van der Waals surface area (Å²) in [5.74, 6) is -1.44. The molecular formula is C16H17NO4S. The maximum atomic E-state index is 12.3. The molecule has 6 heteroatoms. The molecule has 0 aliphatic carbocycles. The van der Waals surface area contributed by atoms with Crippen LogP contribution in [-0.2, 0) is 22.6 Å². The summed E-state index contributed by atoms with van der Waals surface area (Å²) in [7, 11) is 1.55. The summed E-state index contributed by atoms with van der Waals surface area (Å²) in [6, 6.07) is 10.1. The number of amides is 1. The van der Waals surface area contributed by atoms with E-state index in [-0.39, 0.29) is 12.3 Å². The van der Waals surface area contributed by atoms with Gasteiger partial charge in [0.25, 0.3) is 5.91 Å². The zero-order valence-corrected chi connectivity index (χ0v) is 12.9. The molecule has 0 fully saturated rings. The highest BCUT2D eigenvalue weighted by molar-refractivity contribution is 7.12. The standard InChI is InChI=1S/C16H17NO4S/c1-21-10-12-7-8-22-14(12)15(18)17-13(16(19)20)9-11-5-3-2-4-6-11/h2-8,13H,9-10H2,1H3,(H,17,18)(H,19,20)/t13-/m0/s1. The first-order valence-corrected chi connectivity index (χ1v) is 7.62. The Kier molecular flexibility index (Phi) is 5.68. The van der Waals surface area contributed by atoms with Gasteiger partial charge in [-0.1, -0.05) is 30.3 Å². The topological polar surface area (TPSA) is 75.6 Å². The lowest BCUT2D eigenvalue weighted by Crippen LogP contribution is -2.42. The van der Waals surface area contributed by atoms with Gasteiger partial charge in [-0.2, -0.15) is 0 Å². The van der Waals surface area contributed by atoms with Crippen LogP contribution in [0.4, 0.5) is 0 Å². The van der Waals surface area contributed by atoms with E-state index in [0.717, 1.165) is 11.1 Å². The Labute approximate surface area is 132 Å². The van der Waals surface area contributed by atoms with E-state index in [1.807, 2.05) is 30.3 Å². The molecule has 0 radical (unpaired) electrons. The van der Waals surface area contributed by atoms with Gasteiger partial charge >= 0.3 is 5.97 Å². The fourth-order valence-corrected chi connectivity index (χ4v) is 2.89. The Balaban J connectivity index is 2.09. The van der Waals surface area contributed by atoms with Crippen LogP contribution >= 0.6 is 11.3 Å². The number of thiophene rings is 1. The molecule has 5 nitrogen and oxygen atoms in total. The maximum absolute atomic E-state index is 12.3. The molecule has 22 heavy (non-hydrogen) atoms. The Morgan fingerprint density at radius 2 is 2.00 bits per heavy atom. The van der Waals surface area contributed by atoms with Crippen molar-refractivity contribution in [2.24, 2.45) is 0 Å². The first-order chi connectivity index (χ1) is 10.6. The number of carbonyl (C=O) groups is 2. The minimum atomic E-state index is -1.05. The molecule has 0 spiro atoms. The fraction of sp³-hybridized carbons (Fsp3) is 0.250. The van der Waals surface area contributed by atoms with E-state index in [2.05, 4.69) is 5.32 Å². The number of carboxylic acid groups (broad SMARTS) is 1. The summed E-state index contributed by atoms with van der Waals surface area (Å²) in [5.41, 5.74) is 1.62. The average Bonchev–Trinajstić information content (AvgIpc) is 2.96. The van der Waals surface area contributed by atoms with Crippen molar-refractivity contribution >= 4 is 23.2 Å². The summed E-state index contributed by atoms with van der Waals surface area (Å²) >= 11 is 1.27. The van der Waals surface area contributed by atoms with Gasteiger partial charge in [0.1, 0.15) is 6.04 Å². The zero-order valence-electron chi connectivity index (χ0n) is 12.1. The molecule has 1 heterocycles. The van der Waals surface area contributed by atoms with Gasteiger partial charge in [0.2, 0.25) is 0 Å². The number of nitrogens with one attached hydrogen (secondary N) is 1. The van der Waals surface area contributed by atoms with Crippen LogP contribution in [0.2, 0.25) is 0 Å². The van der Waals surface area contributed by atoms with Gasteiger partial charge in [-0.15, -0.1) is 11.3 Å². The number of benzene rings is 1. The highest BCUT2D eigenvalue weighted by Gasteiger charge is 2.23. The lowest BCUT2D eigenvalue weighted by atomic mass is 10.1. The normalized spacial score (nSPS) is 11.9. The summed E-state index contributed by atoms with van der Waals surface area (Å²) in [5, 5.41) is 13.7. The Bertz CT molecular complexity index is 639. The molecule has 0 aliphatic rings. The second kappa shape index (κ2) is 7.72. The highest BCUT2D eigenvalue weighted by atomic mass is 32.1. The van der Waals surface area contributed by atoms with Crippen molar-refractivity contribution in [2.45, 2.75) is 19.1 Å². The molecule has 1 atom stereocenters. The van der Waals surface area contributed by atoms with Crippen molar-refractivity contribution in [1.29, 1.82) is 0 Å². The van der Waals surface area contributed by atoms with Crippen LogP contribution in [0.5, 0.6) is 0 Å². The van der Waals surface area contributed by atoms with E-state index in [1.54, 1.807) is 18.6 Å². The summed E-state index contributed by atoms with van der Waals surface area (Å²) < 4.78 is 5.04. The third kappa shape index (κ3) is 4.16. The molecule has 0 unspecified atom stereocenters. The van der Waals surface area contributed by atoms with Crippen LogP contribution in [0.3, 0.4) is 0 Å². The summed E-state index contributed by atoms with van der Waals surface area (Å²) in [6.07, 6.45) is 0.243. The Morgan fingerprint density at radius 3 is 2.64 bits per heavy atom. The van der Waals surface area contributed by atoms with Crippen molar-refractivity contribution in [3.8, 4) is 0 Å². The van der Waals surface area contributed by atoms with E-state index in [4.69, 9.17) is 4.74 Å². The molecule has 1 amide bonds. The van der Waals surface area contributed by atoms with E-state index in [1.165, 1.54) is 11.3 Å². The van der Waals surface area contributed by atoms with Crippen molar-refractivity contribution in [3.05, 3.63) is 57.8 Å². The lowest BCUT2D eigenvalue weighted by Gasteiger charge is -2.14. The van der Waals surface area contributed by atoms with Crippen molar-refractivity contribution in [3.63, 3.8) is 0 Å². The van der Waals surface area contributed by atoms with Gasteiger partial charge in [-0.25, -0.2) is 4.79 Å². The van der Waals surface area contributed by atoms with Crippen molar-refractivity contribution in [1.82, 2.24) is 5.32 Å². The van der Waals surface area contributed by atoms with Gasteiger partial charge in [-0.05, 0) is 17.0 Å². The molecule has 0 aliphatic heterocycles.